The normalized spacial score (nSPS) is 22.3. The van der Waals surface area contributed by atoms with Gasteiger partial charge in [0.15, 0.2) is 0 Å². The first-order valence-electron chi connectivity index (χ1n) is 6.94. The molecule has 0 fully saturated rings. The summed E-state index contributed by atoms with van der Waals surface area (Å²) in [7, 11) is 0. The van der Waals surface area contributed by atoms with Crippen LogP contribution < -0.4 is 5.32 Å². The first-order chi connectivity index (χ1) is 8.78. The molecule has 1 aliphatic carbocycles. The Kier molecular flexibility index (Phi) is 4.38. The van der Waals surface area contributed by atoms with Crippen molar-refractivity contribution in [3.63, 3.8) is 0 Å². The summed E-state index contributed by atoms with van der Waals surface area (Å²) in [6.45, 7) is 5.51. The van der Waals surface area contributed by atoms with Gasteiger partial charge in [0, 0.05) is 0 Å². The van der Waals surface area contributed by atoms with Gasteiger partial charge in [-0.3, -0.25) is 0 Å². The van der Waals surface area contributed by atoms with E-state index < -0.39 is 0 Å². The van der Waals surface area contributed by atoms with Crippen molar-refractivity contribution in [1.29, 1.82) is 0 Å². The number of allylic oxidation sites excluding steroid dienone is 2. The Morgan fingerprint density at radius 3 is 2.72 bits per heavy atom. The van der Waals surface area contributed by atoms with Gasteiger partial charge in [-0.05, 0) is 37.4 Å². The lowest BCUT2D eigenvalue weighted by atomic mass is 9.81. The van der Waals surface area contributed by atoms with Crippen LogP contribution in [0.1, 0.15) is 37.3 Å². The van der Waals surface area contributed by atoms with E-state index in [4.69, 9.17) is 0 Å². The summed E-state index contributed by atoms with van der Waals surface area (Å²) in [4.78, 5) is 0. The second kappa shape index (κ2) is 6.01. The van der Waals surface area contributed by atoms with Gasteiger partial charge >= 0.3 is 0 Å². The standard InChI is InChI=1S/C17H23N/c1-3-4-14-18-17(12-8-5-9-13-17)16-11-7-6-10-15(16)2/h5-12,18H,3-4,13-14H2,1-2H3. The van der Waals surface area contributed by atoms with Crippen LogP contribution >= 0.6 is 0 Å². The third-order valence-corrected chi connectivity index (χ3v) is 3.66. The zero-order chi connectivity index (χ0) is 12.8. The molecule has 0 saturated carbocycles. The van der Waals surface area contributed by atoms with Crippen LogP contribution in [0.4, 0.5) is 0 Å². The molecule has 0 aliphatic heterocycles. The highest BCUT2D eigenvalue weighted by Crippen LogP contribution is 2.32. The molecule has 1 unspecified atom stereocenters. The molecule has 0 amide bonds. The van der Waals surface area contributed by atoms with Gasteiger partial charge in [0.05, 0.1) is 5.54 Å². The average molecular weight is 241 g/mol. The largest absolute Gasteiger partial charge is 0.304 e. The SMILES string of the molecule is CCCCNC1(c2ccccc2C)C=CC=CC1. The maximum atomic E-state index is 3.76. The maximum absolute atomic E-state index is 3.76. The minimum Gasteiger partial charge on any atom is -0.304 e. The fourth-order valence-corrected chi connectivity index (χ4v) is 2.61. The summed E-state index contributed by atoms with van der Waals surface area (Å²) in [5, 5.41) is 3.76. The topological polar surface area (TPSA) is 12.0 Å². The Morgan fingerprint density at radius 1 is 1.22 bits per heavy atom. The summed E-state index contributed by atoms with van der Waals surface area (Å²) in [6, 6.07) is 8.70. The molecule has 0 bridgehead atoms. The van der Waals surface area contributed by atoms with Crippen molar-refractivity contribution >= 4 is 0 Å². The molecule has 0 heterocycles. The summed E-state index contributed by atoms with van der Waals surface area (Å²) < 4.78 is 0. The predicted octanol–water partition coefficient (Wildman–Crippen LogP) is 4.10. The van der Waals surface area contributed by atoms with Gasteiger partial charge in [-0.15, -0.1) is 0 Å². The van der Waals surface area contributed by atoms with Crippen LogP contribution in [0, 0.1) is 6.92 Å². The van der Waals surface area contributed by atoms with Gasteiger partial charge in [0.2, 0.25) is 0 Å². The van der Waals surface area contributed by atoms with Gasteiger partial charge in [0.1, 0.15) is 0 Å². The number of benzene rings is 1. The molecule has 96 valence electrons. The van der Waals surface area contributed by atoms with Crippen molar-refractivity contribution in [2.24, 2.45) is 0 Å². The van der Waals surface area contributed by atoms with Gasteiger partial charge in [-0.25, -0.2) is 0 Å². The molecule has 1 N–H and O–H groups in total. The maximum Gasteiger partial charge on any atom is 0.0661 e. The lowest BCUT2D eigenvalue weighted by Crippen LogP contribution is -2.42. The van der Waals surface area contributed by atoms with E-state index in [1.807, 2.05) is 0 Å². The minimum absolute atomic E-state index is 0.00470. The summed E-state index contributed by atoms with van der Waals surface area (Å²) in [5.74, 6) is 0. The molecular weight excluding hydrogens is 218 g/mol. The van der Waals surface area contributed by atoms with Crippen LogP contribution in [-0.2, 0) is 5.54 Å². The van der Waals surface area contributed by atoms with E-state index in [2.05, 4.69) is 67.7 Å². The fourth-order valence-electron chi connectivity index (χ4n) is 2.61. The van der Waals surface area contributed by atoms with E-state index in [9.17, 15) is 0 Å². The van der Waals surface area contributed by atoms with Gasteiger partial charge in [-0.1, -0.05) is 61.9 Å². The molecule has 1 nitrogen and oxygen atoms in total. The number of nitrogens with one attached hydrogen (secondary N) is 1. The Hall–Kier alpha value is -1.34. The minimum atomic E-state index is -0.00470. The van der Waals surface area contributed by atoms with Crippen molar-refractivity contribution in [3.8, 4) is 0 Å². The van der Waals surface area contributed by atoms with Crippen LogP contribution in [0.25, 0.3) is 0 Å². The Labute approximate surface area is 111 Å². The number of unbranched alkanes of at least 4 members (excludes halogenated alkanes) is 1. The van der Waals surface area contributed by atoms with Gasteiger partial charge in [-0.2, -0.15) is 0 Å². The molecule has 18 heavy (non-hydrogen) atoms. The van der Waals surface area contributed by atoms with Crippen molar-refractivity contribution < 1.29 is 0 Å². The average Bonchev–Trinajstić information content (AvgIpc) is 2.40. The van der Waals surface area contributed by atoms with Gasteiger partial charge in [0.25, 0.3) is 0 Å². The second-order valence-corrected chi connectivity index (χ2v) is 5.06. The molecule has 1 aromatic carbocycles. The first-order valence-corrected chi connectivity index (χ1v) is 6.94. The van der Waals surface area contributed by atoms with Crippen LogP contribution in [0.2, 0.25) is 0 Å². The van der Waals surface area contributed by atoms with E-state index in [1.54, 1.807) is 0 Å². The van der Waals surface area contributed by atoms with E-state index in [0.717, 1.165) is 13.0 Å². The molecule has 0 aromatic heterocycles. The van der Waals surface area contributed by atoms with Crippen LogP contribution in [0.3, 0.4) is 0 Å². The monoisotopic (exact) mass is 241 g/mol. The predicted molar refractivity (Wildman–Crippen MR) is 78.7 cm³/mol. The van der Waals surface area contributed by atoms with E-state index in [1.165, 1.54) is 24.0 Å². The molecule has 1 aromatic rings. The number of rotatable bonds is 5. The van der Waals surface area contributed by atoms with Crippen LogP contribution in [-0.4, -0.2) is 6.54 Å². The Morgan fingerprint density at radius 2 is 2.06 bits per heavy atom. The van der Waals surface area contributed by atoms with Gasteiger partial charge < -0.3 is 5.32 Å². The van der Waals surface area contributed by atoms with E-state index in [0.29, 0.717) is 0 Å². The zero-order valence-corrected chi connectivity index (χ0v) is 11.4. The molecule has 0 spiro atoms. The molecular formula is C17H23N. The molecule has 0 radical (unpaired) electrons. The quantitative estimate of drug-likeness (QED) is 0.765. The number of hydrogen-bond donors (Lipinski definition) is 1. The van der Waals surface area contributed by atoms with Crippen LogP contribution in [0.15, 0.2) is 48.6 Å². The Balaban J connectivity index is 2.28. The molecule has 2 rings (SSSR count). The van der Waals surface area contributed by atoms with E-state index in [-0.39, 0.29) is 5.54 Å². The Bertz CT molecular complexity index is 445. The summed E-state index contributed by atoms with van der Waals surface area (Å²) in [5.41, 5.74) is 2.76. The van der Waals surface area contributed by atoms with E-state index >= 15 is 0 Å². The number of hydrogen-bond acceptors (Lipinski definition) is 1. The summed E-state index contributed by atoms with van der Waals surface area (Å²) in [6.07, 6.45) is 12.4. The van der Waals surface area contributed by atoms with Crippen molar-refractivity contribution in [2.45, 2.75) is 38.6 Å². The molecule has 0 saturated heterocycles. The number of aryl methyl sites for hydroxylation is 1. The smallest absolute Gasteiger partial charge is 0.0661 e. The molecule has 1 atom stereocenters. The molecule has 1 heteroatoms. The van der Waals surface area contributed by atoms with Crippen LogP contribution in [0.5, 0.6) is 0 Å². The van der Waals surface area contributed by atoms with Crippen molar-refractivity contribution in [3.05, 3.63) is 59.7 Å². The highest BCUT2D eigenvalue weighted by molar-refractivity contribution is 5.39. The highest BCUT2D eigenvalue weighted by Gasteiger charge is 2.29. The summed E-state index contributed by atoms with van der Waals surface area (Å²) >= 11 is 0. The second-order valence-electron chi connectivity index (χ2n) is 5.06. The zero-order valence-electron chi connectivity index (χ0n) is 11.4. The third kappa shape index (κ3) is 2.73. The lowest BCUT2D eigenvalue weighted by molar-refractivity contribution is 0.409. The third-order valence-electron chi connectivity index (χ3n) is 3.66. The van der Waals surface area contributed by atoms with Crippen molar-refractivity contribution in [1.82, 2.24) is 5.32 Å². The first kappa shape index (κ1) is 13.1. The lowest BCUT2D eigenvalue weighted by Gasteiger charge is -2.34. The fraction of sp³-hybridized carbons (Fsp3) is 0.412. The van der Waals surface area contributed by atoms with Crippen molar-refractivity contribution in [2.75, 3.05) is 6.54 Å². The molecule has 1 aliphatic rings. The highest BCUT2D eigenvalue weighted by atomic mass is 15.0.